The summed E-state index contributed by atoms with van der Waals surface area (Å²) >= 11 is 1.72. The van der Waals surface area contributed by atoms with Gasteiger partial charge in [-0.25, -0.2) is 0 Å². The van der Waals surface area contributed by atoms with Crippen LogP contribution in [0.25, 0.3) is 5.65 Å². The number of hydrogen-bond acceptors (Lipinski definition) is 7. The standard InChI is InChI=1S/C22H29N7O2S/c1-16-10-15-32-17(16)9-12-24-21(30)8-7-20-26-25-19-6-5-18(27-29(19)20)23-11-3-14-28-13-2-4-22(28)31/h5-6,10,15H,2-4,7-9,11-14H2,1H3,(H,23,27)(H,24,30). The second-order valence-electron chi connectivity index (χ2n) is 8.00. The average molecular weight is 456 g/mol. The zero-order valence-electron chi connectivity index (χ0n) is 18.3. The molecule has 1 aliphatic heterocycles. The number of anilines is 1. The number of fused-ring (bicyclic) bond motifs is 1. The van der Waals surface area contributed by atoms with Crippen LogP contribution in [0.5, 0.6) is 0 Å². The highest BCUT2D eigenvalue weighted by Gasteiger charge is 2.19. The van der Waals surface area contributed by atoms with Crippen LogP contribution in [0.3, 0.4) is 0 Å². The number of nitrogens with one attached hydrogen (secondary N) is 2. The van der Waals surface area contributed by atoms with Crippen LogP contribution in [0, 0.1) is 6.92 Å². The first-order valence-corrected chi connectivity index (χ1v) is 12.0. The fourth-order valence-electron chi connectivity index (χ4n) is 3.80. The SMILES string of the molecule is Cc1ccsc1CCNC(=O)CCc1nnc2ccc(NCCCN3CCCC3=O)nn12. The molecule has 0 aliphatic carbocycles. The Bertz CT molecular complexity index is 1080. The molecule has 170 valence electrons. The van der Waals surface area contributed by atoms with Gasteiger partial charge in [-0.05, 0) is 55.3 Å². The van der Waals surface area contributed by atoms with Gasteiger partial charge in [-0.1, -0.05) is 0 Å². The molecule has 1 aliphatic rings. The van der Waals surface area contributed by atoms with Crippen LogP contribution in [0.2, 0.25) is 0 Å². The highest BCUT2D eigenvalue weighted by atomic mass is 32.1. The van der Waals surface area contributed by atoms with Gasteiger partial charge in [0.05, 0.1) is 0 Å². The number of aryl methyl sites for hydroxylation is 2. The molecule has 0 unspecified atom stereocenters. The van der Waals surface area contributed by atoms with E-state index in [9.17, 15) is 9.59 Å². The first-order valence-electron chi connectivity index (χ1n) is 11.1. The van der Waals surface area contributed by atoms with Crippen molar-refractivity contribution in [2.24, 2.45) is 0 Å². The first kappa shape index (κ1) is 22.2. The molecule has 4 rings (SSSR count). The summed E-state index contributed by atoms with van der Waals surface area (Å²) in [6.45, 7) is 5.10. The highest BCUT2D eigenvalue weighted by molar-refractivity contribution is 7.10. The summed E-state index contributed by atoms with van der Waals surface area (Å²) in [6, 6.07) is 5.83. The maximum absolute atomic E-state index is 12.2. The lowest BCUT2D eigenvalue weighted by molar-refractivity contribution is -0.127. The number of carbonyl (C=O) groups is 2. The number of carbonyl (C=O) groups excluding carboxylic acids is 2. The first-order chi connectivity index (χ1) is 15.6. The van der Waals surface area contributed by atoms with Gasteiger partial charge in [-0.2, -0.15) is 4.52 Å². The minimum absolute atomic E-state index is 0.00157. The fraction of sp³-hybridized carbons (Fsp3) is 0.500. The zero-order chi connectivity index (χ0) is 22.3. The highest BCUT2D eigenvalue weighted by Crippen LogP contribution is 2.15. The van der Waals surface area contributed by atoms with E-state index in [0.29, 0.717) is 37.3 Å². The fourth-order valence-corrected chi connectivity index (χ4v) is 4.71. The van der Waals surface area contributed by atoms with E-state index in [2.05, 4.69) is 44.3 Å². The zero-order valence-corrected chi connectivity index (χ0v) is 19.2. The molecule has 32 heavy (non-hydrogen) atoms. The van der Waals surface area contributed by atoms with E-state index in [1.165, 1.54) is 10.4 Å². The molecule has 10 heteroatoms. The number of nitrogens with zero attached hydrogens (tertiary/aromatic N) is 5. The second-order valence-corrected chi connectivity index (χ2v) is 9.00. The van der Waals surface area contributed by atoms with Crippen molar-refractivity contribution in [3.05, 3.63) is 39.8 Å². The Balaban J connectivity index is 1.23. The molecule has 0 atom stereocenters. The molecule has 3 aromatic heterocycles. The summed E-state index contributed by atoms with van der Waals surface area (Å²) in [4.78, 5) is 27.1. The molecule has 4 heterocycles. The van der Waals surface area contributed by atoms with Crippen LogP contribution >= 0.6 is 11.3 Å². The summed E-state index contributed by atoms with van der Waals surface area (Å²) in [6.07, 6.45) is 4.17. The van der Waals surface area contributed by atoms with Crippen molar-refractivity contribution in [1.82, 2.24) is 30.0 Å². The molecule has 3 aromatic rings. The van der Waals surface area contributed by atoms with Crippen LogP contribution in [0.4, 0.5) is 5.82 Å². The predicted molar refractivity (Wildman–Crippen MR) is 124 cm³/mol. The van der Waals surface area contributed by atoms with E-state index in [1.54, 1.807) is 15.9 Å². The molecule has 9 nitrogen and oxygen atoms in total. The number of hydrogen-bond donors (Lipinski definition) is 2. The molecular formula is C22H29N7O2S. The topological polar surface area (TPSA) is 105 Å². The van der Waals surface area contributed by atoms with E-state index in [4.69, 9.17) is 0 Å². The van der Waals surface area contributed by atoms with Gasteiger partial charge in [0.1, 0.15) is 5.82 Å². The maximum atomic E-state index is 12.2. The molecule has 0 saturated carbocycles. The van der Waals surface area contributed by atoms with Crippen molar-refractivity contribution < 1.29 is 9.59 Å². The summed E-state index contributed by atoms with van der Waals surface area (Å²) in [7, 11) is 0. The minimum Gasteiger partial charge on any atom is -0.369 e. The summed E-state index contributed by atoms with van der Waals surface area (Å²) in [5.74, 6) is 1.64. The number of aromatic nitrogens is 4. The van der Waals surface area contributed by atoms with Crippen molar-refractivity contribution >= 4 is 34.6 Å². The monoisotopic (exact) mass is 455 g/mol. The largest absolute Gasteiger partial charge is 0.369 e. The van der Waals surface area contributed by atoms with Gasteiger partial charge in [0, 0.05) is 50.3 Å². The average Bonchev–Trinajstić information content (AvgIpc) is 3.50. The van der Waals surface area contributed by atoms with Gasteiger partial charge in [0.15, 0.2) is 11.5 Å². The van der Waals surface area contributed by atoms with Gasteiger partial charge in [0.25, 0.3) is 0 Å². The molecule has 1 fully saturated rings. The van der Waals surface area contributed by atoms with E-state index in [0.717, 1.165) is 44.7 Å². The van der Waals surface area contributed by atoms with Gasteiger partial charge >= 0.3 is 0 Å². The van der Waals surface area contributed by atoms with Crippen molar-refractivity contribution in [3.8, 4) is 0 Å². The van der Waals surface area contributed by atoms with Crippen LogP contribution in [0.15, 0.2) is 23.6 Å². The van der Waals surface area contributed by atoms with Crippen molar-refractivity contribution in [2.75, 3.05) is 31.5 Å². The smallest absolute Gasteiger partial charge is 0.222 e. The third kappa shape index (κ3) is 5.61. The Morgan fingerprint density at radius 3 is 2.88 bits per heavy atom. The molecule has 2 amide bonds. The number of likely N-dealkylation sites (tertiary alicyclic amines) is 1. The number of amides is 2. The lowest BCUT2D eigenvalue weighted by Gasteiger charge is -2.15. The number of thiophene rings is 1. The van der Waals surface area contributed by atoms with Crippen molar-refractivity contribution in [1.29, 1.82) is 0 Å². The van der Waals surface area contributed by atoms with Gasteiger partial charge in [0.2, 0.25) is 11.8 Å². The Morgan fingerprint density at radius 1 is 1.19 bits per heavy atom. The van der Waals surface area contributed by atoms with Gasteiger partial charge < -0.3 is 15.5 Å². The molecular weight excluding hydrogens is 426 g/mol. The second kappa shape index (κ2) is 10.5. The molecule has 0 aromatic carbocycles. The Kier molecular flexibility index (Phi) is 7.31. The molecule has 0 radical (unpaired) electrons. The Morgan fingerprint density at radius 2 is 2.09 bits per heavy atom. The minimum atomic E-state index is 0.00157. The lowest BCUT2D eigenvalue weighted by atomic mass is 10.2. The molecule has 1 saturated heterocycles. The van der Waals surface area contributed by atoms with E-state index in [-0.39, 0.29) is 11.8 Å². The van der Waals surface area contributed by atoms with E-state index >= 15 is 0 Å². The summed E-state index contributed by atoms with van der Waals surface area (Å²) in [5.41, 5.74) is 1.93. The maximum Gasteiger partial charge on any atom is 0.222 e. The quantitative estimate of drug-likeness (QED) is 0.430. The predicted octanol–water partition coefficient (Wildman–Crippen LogP) is 2.21. The molecule has 0 spiro atoms. The summed E-state index contributed by atoms with van der Waals surface area (Å²) < 4.78 is 1.69. The van der Waals surface area contributed by atoms with Crippen molar-refractivity contribution in [3.63, 3.8) is 0 Å². The van der Waals surface area contributed by atoms with Crippen LogP contribution in [0.1, 0.15) is 41.9 Å². The third-order valence-corrected chi connectivity index (χ3v) is 6.71. The van der Waals surface area contributed by atoms with E-state index < -0.39 is 0 Å². The van der Waals surface area contributed by atoms with Crippen LogP contribution in [-0.2, 0) is 22.4 Å². The normalized spacial score (nSPS) is 13.8. The van der Waals surface area contributed by atoms with E-state index in [1.807, 2.05) is 17.0 Å². The van der Waals surface area contributed by atoms with Gasteiger partial charge in [-0.3, -0.25) is 9.59 Å². The van der Waals surface area contributed by atoms with Crippen LogP contribution in [-0.4, -0.2) is 62.7 Å². The Hall–Kier alpha value is -3.01. The Labute approximate surface area is 191 Å². The van der Waals surface area contributed by atoms with Crippen LogP contribution < -0.4 is 10.6 Å². The van der Waals surface area contributed by atoms with Gasteiger partial charge in [-0.15, -0.1) is 26.6 Å². The number of rotatable bonds is 11. The van der Waals surface area contributed by atoms with Crippen molar-refractivity contribution in [2.45, 2.75) is 45.4 Å². The summed E-state index contributed by atoms with van der Waals surface area (Å²) in [5, 5.41) is 21.3. The third-order valence-electron chi connectivity index (χ3n) is 5.63. The lowest BCUT2D eigenvalue weighted by Crippen LogP contribution is -2.27. The molecule has 0 bridgehead atoms. The molecule has 2 N–H and O–H groups in total.